The molecule has 0 amide bonds. The Hall–Kier alpha value is -1.25. The molecule has 0 heterocycles. The molecular formula is C7H10FNO. The minimum absolute atomic E-state index is 0. The maximum Gasteiger partial charge on any atom is 0.119 e. The fourth-order valence-corrected chi connectivity index (χ4v) is 0.604. The summed E-state index contributed by atoms with van der Waals surface area (Å²) in [5.41, 5.74) is 6.19. The van der Waals surface area contributed by atoms with Gasteiger partial charge in [-0.05, 0) is 24.3 Å². The first-order valence-electron chi connectivity index (χ1n) is 2.72. The number of nitrogen functional groups attached to an aromatic ring is 1. The lowest BCUT2D eigenvalue weighted by Crippen LogP contribution is -1.84. The normalized spacial score (nSPS) is 8.10. The number of hydrogen-bond donors (Lipinski definition) is 1. The maximum atomic E-state index is 5.43. The van der Waals surface area contributed by atoms with Crippen LogP contribution in [0.4, 0.5) is 10.4 Å². The number of halogens is 1. The summed E-state index contributed by atoms with van der Waals surface area (Å²) in [6.07, 6.45) is 0. The third-order valence-electron chi connectivity index (χ3n) is 1.12. The van der Waals surface area contributed by atoms with Crippen LogP contribution in [-0.4, -0.2) is 7.11 Å². The molecule has 0 atom stereocenters. The first kappa shape index (κ1) is 8.75. The highest BCUT2D eigenvalue weighted by atomic mass is 19.0. The van der Waals surface area contributed by atoms with Crippen molar-refractivity contribution in [3.05, 3.63) is 24.3 Å². The van der Waals surface area contributed by atoms with Crippen LogP contribution in [0.25, 0.3) is 0 Å². The minimum atomic E-state index is 0. The molecule has 0 spiro atoms. The monoisotopic (exact) mass is 143 g/mol. The number of hydrogen-bond acceptors (Lipinski definition) is 2. The smallest absolute Gasteiger partial charge is 0.119 e. The van der Waals surface area contributed by atoms with Crippen molar-refractivity contribution in [1.29, 1.82) is 0 Å². The molecule has 0 radical (unpaired) electrons. The van der Waals surface area contributed by atoms with Crippen LogP contribution in [0.15, 0.2) is 24.3 Å². The molecule has 56 valence electrons. The fraction of sp³-hybridized carbons (Fsp3) is 0.143. The summed E-state index contributed by atoms with van der Waals surface area (Å²) < 4.78 is 4.91. The Morgan fingerprint density at radius 1 is 1.20 bits per heavy atom. The van der Waals surface area contributed by atoms with Crippen LogP contribution >= 0.6 is 0 Å². The van der Waals surface area contributed by atoms with Gasteiger partial charge in [-0.1, -0.05) is 0 Å². The van der Waals surface area contributed by atoms with Crippen molar-refractivity contribution in [2.24, 2.45) is 0 Å². The molecule has 0 bridgehead atoms. The molecule has 0 aliphatic rings. The summed E-state index contributed by atoms with van der Waals surface area (Å²) in [6, 6.07) is 7.27. The molecule has 10 heavy (non-hydrogen) atoms. The third kappa shape index (κ3) is 1.93. The summed E-state index contributed by atoms with van der Waals surface area (Å²) in [4.78, 5) is 0. The van der Waals surface area contributed by atoms with Gasteiger partial charge < -0.3 is 10.5 Å². The molecule has 0 saturated heterocycles. The largest absolute Gasteiger partial charge is 0.497 e. The molecule has 2 N–H and O–H groups in total. The average Bonchev–Trinajstić information content (AvgIpc) is 1.90. The van der Waals surface area contributed by atoms with Gasteiger partial charge in [0.2, 0.25) is 0 Å². The Bertz CT molecular complexity index is 185. The van der Waals surface area contributed by atoms with Crippen LogP contribution in [0.1, 0.15) is 0 Å². The molecular weight excluding hydrogens is 133 g/mol. The van der Waals surface area contributed by atoms with Gasteiger partial charge in [-0.25, -0.2) is 0 Å². The van der Waals surface area contributed by atoms with Gasteiger partial charge in [-0.15, -0.1) is 0 Å². The van der Waals surface area contributed by atoms with Gasteiger partial charge >= 0.3 is 0 Å². The zero-order chi connectivity index (χ0) is 6.69. The molecule has 1 rings (SSSR count). The van der Waals surface area contributed by atoms with Crippen LogP contribution in [-0.2, 0) is 0 Å². The number of benzene rings is 1. The number of methoxy groups -OCH3 is 1. The standard InChI is InChI=1S/C7H9NO.FH/c1-9-7-4-2-6(8)3-5-7;/h2-5H,8H2,1H3;1H. The van der Waals surface area contributed by atoms with E-state index in [4.69, 9.17) is 10.5 Å². The number of rotatable bonds is 1. The van der Waals surface area contributed by atoms with Gasteiger partial charge in [-0.3, -0.25) is 4.70 Å². The maximum absolute atomic E-state index is 5.43. The van der Waals surface area contributed by atoms with Crippen molar-refractivity contribution in [2.45, 2.75) is 0 Å². The lowest BCUT2D eigenvalue weighted by molar-refractivity contribution is 0.415. The number of nitrogens with two attached hydrogens (primary N) is 1. The summed E-state index contributed by atoms with van der Waals surface area (Å²) in [5.74, 6) is 0.837. The van der Waals surface area contributed by atoms with Gasteiger partial charge in [0.05, 0.1) is 7.11 Å². The van der Waals surface area contributed by atoms with E-state index in [1.54, 1.807) is 19.2 Å². The van der Waals surface area contributed by atoms with E-state index in [9.17, 15) is 0 Å². The highest BCUT2D eigenvalue weighted by Crippen LogP contribution is 2.11. The van der Waals surface area contributed by atoms with Gasteiger partial charge in [0.25, 0.3) is 0 Å². The third-order valence-corrected chi connectivity index (χ3v) is 1.12. The summed E-state index contributed by atoms with van der Waals surface area (Å²) >= 11 is 0. The van der Waals surface area contributed by atoms with Crippen molar-refractivity contribution in [3.8, 4) is 5.75 Å². The quantitative estimate of drug-likeness (QED) is 0.603. The van der Waals surface area contributed by atoms with Crippen LogP contribution in [0.3, 0.4) is 0 Å². The zero-order valence-electron chi connectivity index (χ0n) is 5.70. The first-order valence-corrected chi connectivity index (χ1v) is 2.72. The Kier molecular flexibility index (Phi) is 3.25. The zero-order valence-corrected chi connectivity index (χ0v) is 5.70. The van der Waals surface area contributed by atoms with Crippen LogP contribution in [0, 0.1) is 0 Å². The van der Waals surface area contributed by atoms with Crippen molar-refractivity contribution in [2.75, 3.05) is 12.8 Å². The highest BCUT2D eigenvalue weighted by Gasteiger charge is 1.85. The van der Waals surface area contributed by atoms with E-state index in [1.807, 2.05) is 12.1 Å². The first-order chi connectivity index (χ1) is 4.33. The average molecular weight is 143 g/mol. The Balaban J connectivity index is 0.000000810. The highest BCUT2D eigenvalue weighted by molar-refractivity contribution is 5.41. The fourth-order valence-electron chi connectivity index (χ4n) is 0.604. The van der Waals surface area contributed by atoms with Gasteiger partial charge in [0, 0.05) is 5.69 Å². The lowest BCUT2D eigenvalue weighted by Gasteiger charge is -1.97. The van der Waals surface area contributed by atoms with E-state index in [2.05, 4.69) is 0 Å². The van der Waals surface area contributed by atoms with Crippen LogP contribution in [0.2, 0.25) is 0 Å². The molecule has 0 fully saturated rings. The van der Waals surface area contributed by atoms with E-state index >= 15 is 0 Å². The topological polar surface area (TPSA) is 35.2 Å². The minimum Gasteiger partial charge on any atom is -0.497 e. The Morgan fingerprint density at radius 2 is 1.70 bits per heavy atom. The van der Waals surface area contributed by atoms with E-state index in [0.717, 1.165) is 11.4 Å². The molecule has 2 nitrogen and oxygen atoms in total. The number of ether oxygens (including phenoxy) is 1. The van der Waals surface area contributed by atoms with Crippen molar-refractivity contribution >= 4 is 5.69 Å². The van der Waals surface area contributed by atoms with E-state index < -0.39 is 0 Å². The summed E-state index contributed by atoms with van der Waals surface area (Å²) in [6.45, 7) is 0. The second-order valence-corrected chi connectivity index (χ2v) is 1.77. The Morgan fingerprint density at radius 3 is 2.10 bits per heavy atom. The van der Waals surface area contributed by atoms with E-state index in [-0.39, 0.29) is 4.70 Å². The molecule has 0 aliphatic heterocycles. The van der Waals surface area contributed by atoms with Gasteiger partial charge in [0.1, 0.15) is 5.75 Å². The predicted octanol–water partition coefficient (Wildman–Crippen LogP) is 1.43. The van der Waals surface area contributed by atoms with Crippen molar-refractivity contribution < 1.29 is 9.44 Å². The molecule has 0 aromatic heterocycles. The van der Waals surface area contributed by atoms with Crippen molar-refractivity contribution in [3.63, 3.8) is 0 Å². The molecule has 1 aromatic carbocycles. The van der Waals surface area contributed by atoms with Crippen LogP contribution < -0.4 is 10.5 Å². The van der Waals surface area contributed by atoms with Gasteiger partial charge in [0.15, 0.2) is 0 Å². The van der Waals surface area contributed by atoms with Crippen LogP contribution in [0.5, 0.6) is 5.75 Å². The second kappa shape index (κ2) is 3.71. The summed E-state index contributed by atoms with van der Waals surface area (Å²) in [5, 5.41) is 0. The lowest BCUT2D eigenvalue weighted by atomic mass is 10.3. The molecule has 0 aliphatic carbocycles. The van der Waals surface area contributed by atoms with Crippen molar-refractivity contribution in [1.82, 2.24) is 0 Å². The Labute approximate surface area is 59.0 Å². The molecule has 0 saturated carbocycles. The SMILES string of the molecule is COc1ccc(N)cc1.F. The second-order valence-electron chi connectivity index (χ2n) is 1.77. The van der Waals surface area contributed by atoms with E-state index in [0.29, 0.717) is 0 Å². The molecule has 0 unspecified atom stereocenters. The predicted molar refractivity (Wildman–Crippen MR) is 39.9 cm³/mol. The molecule has 1 aromatic rings. The number of anilines is 1. The van der Waals surface area contributed by atoms with E-state index in [1.165, 1.54) is 0 Å². The molecule has 3 heteroatoms. The summed E-state index contributed by atoms with van der Waals surface area (Å²) in [7, 11) is 1.63. The van der Waals surface area contributed by atoms with Gasteiger partial charge in [-0.2, -0.15) is 0 Å².